The fraction of sp³-hybridized carbons (Fsp3) is 0.552. The molecule has 1 aromatic carbocycles. The van der Waals surface area contributed by atoms with Gasteiger partial charge in [-0.1, -0.05) is 18.2 Å². The zero-order chi connectivity index (χ0) is 31.9. The number of likely N-dealkylation sites (tertiary alicyclic amines) is 1. The molecule has 1 saturated carbocycles. The van der Waals surface area contributed by atoms with E-state index in [0.29, 0.717) is 0 Å². The third kappa shape index (κ3) is 6.93. The predicted octanol–water partition coefficient (Wildman–Crippen LogP) is 5.93. The van der Waals surface area contributed by atoms with Crippen molar-refractivity contribution < 1.29 is 40.7 Å². The first-order chi connectivity index (χ1) is 20.0. The summed E-state index contributed by atoms with van der Waals surface area (Å²) in [5.74, 6) is -2.14. The maximum atomic E-state index is 15.3. The molecule has 1 aromatic heterocycles. The van der Waals surface area contributed by atoms with Gasteiger partial charge in [-0.05, 0) is 47.0 Å². The fourth-order valence-electron chi connectivity index (χ4n) is 5.06. The van der Waals surface area contributed by atoms with E-state index in [1.807, 2.05) is 0 Å². The van der Waals surface area contributed by atoms with Gasteiger partial charge in [0, 0.05) is 24.4 Å². The number of amides is 2. The molecule has 1 saturated heterocycles. The molecule has 236 valence electrons. The Balaban J connectivity index is 1.62. The van der Waals surface area contributed by atoms with Gasteiger partial charge in [-0.15, -0.1) is 0 Å². The molecule has 2 N–H and O–H groups in total. The SMILES string of the molecule is C[C@@H](NC(=O)c1cn(C2(C(F)F)CC2)c(=O)cc1N[C@@H]1CCN(C(=O)OC(C)(C)C)C[C@@H]1F)c1cccc(C(F)F)c1F. The second-order valence-corrected chi connectivity index (χ2v) is 11.9. The van der Waals surface area contributed by atoms with Gasteiger partial charge < -0.3 is 24.8 Å². The van der Waals surface area contributed by atoms with Gasteiger partial charge in [0.25, 0.3) is 24.3 Å². The Bertz CT molecular complexity index is 1420. The predicted molar refractivity (Wildman–Crippen MR) is 146 cm³/mol. The molecule has 0 bridgehead atoms. The van der Waals surface area contributed by atoms with E-state index >= 15 is 4.39 Å². The molecule has 2 fully saturated rings. The number of anilines is 1. The lowest BCUT2D eigenvalue weighted by Gasteiger charge is -2.36. The minimum Gasteiger partial charge on any atom is -0.444 e. The van der Waals surface area contributed by atoms with Gasteiger partial charge in [-0.3, -0.25) is 9.59 Å². The van der Waals surface area contributed by atoms with Gasteiger partial charge in [-0.2, -0.15) is 0 Å². The summed E-state index contributed by atoms with van der Waals surface area (Å²) in [6, 6.07) is 2.15. The maximum Gasteiger partial charge on any atom is 0.410 e. The van der Waals surface area contributed by atoms with Crippen molar-refractivity contribution in [3.63, 3.8) is 0 Å². The standard InChI is InChI=1S/C29H34F6N4O4/c1-15(16-6-5-7-17(23(16)31)24(32)33)36-25(41)18-13-39(29(9-10-29)26(34)35)22(40)12-21(18)37-20-8-11-38(14-19(20)30)27(42)43-28(2,3)4/h5-7,12-13,15,19-20,24,26,37H,8-11,14H2,1-4H3,(H,36,41)/t15-,19+,20-/m1/s1. The highest BCUT2D eigenvalue weighted by Gasteiger charge is 2.53. The summed E-state index contributed by atoms with van der Waals surface area (Å²) in [4.78, 5) is 40.0. The zero-order valence-corrected chi connectivity index (χ0v) is 24.1. The molecule has 1 aliphatic carbocycles. The van der Waals surface area contributed by atoms with Crippen LogP contribution in [0.2, 0.25) is 0 Å². The molecule has 8 nitrogen and oxygen atoms in total. The van der Waals surface area contributed by atoms with Crippen LogP contribution in [-0.2, 0) is 10.3 Å². The van der Waals surface area contributed by atoms with E-state index in [1.54, 1.807) is 20.8 Å². The number of nitrogens with one attached hydrogen (secondary N) is 2. The molecule has 2 amide bonds. The Morgan fingerprint density at radius 1 is 1.12 bits per heavy atom. The van der Waals surface area contributed by atoms with Crippen molar-refractivity contribution in [1.29, 1.82) is 0 Å². The highest BCUT2D eigenvalue weighted by molar-refractivity contribution is 5.99. The highest BCUT2D eigenvalue weighted by atomic mass is 19.3. The second kappa shape index (κ2) is 12.1. The van der Waals surface area contributed by atoms with Crippen molar-refractivity contribution in [3.8, 4) is 0 Å². The molecule has 4 rings (SSSR count). The molecule has 2 aromatic rings. The number of halogens is 6. The number of rotatable bonds is 8. The lowest BCUT2D eigenvalue weighted by molar-refractivity contribution is 0.0125. The number of aromatic nitrogens is 1. The third-order valence-corrected chi connectivity index (χ3v) is 7.59. The molecular weight excluding hydrogens is 582 g/mol. The van der Waals surface area contributed by atoms with Gasteiger partial charge >= 0.3 is 6.09 Å². The molecule has 3 atom stereocenters. The smallest absolute Gasteiger partial charge is 0.410 e. The number of ether oxygens (including phenoxy) is 1. The molecule has 14 heteroatoms. The van der Waals surface area contributed by atoms with Gasteiger partial charge in [0.05, 0.1) is 35.4 Å². The summed E-state index contributed by atoms with van der Waals surface area (Å²) >= 11 is 0. The molecular formula is C29H34F6N4O4. The first-order valence-electron chi connectivity index (χ1n) is 13.8. The number of pyridine rings is 1. The van der Waals surface area contributed by atoms with Crippen molar-refractivity contribution >= 4 is 17.7 Å². The molecule has 0 spiro atoms. The summed E-state index contributed by atoms with van der Waals surface area (Å²) < 4.78 is 90.4. The number of benzene rings is 1. The van der Waals surface area contributed by atoms with Gasteiger partial charge in [0.2, 0.25) is 0 Å². The zero-order valence-electron chi connectivity index (χ0n) is 24.1. The topological polar surface area (TPSA) is 92.7 Å². The molecule has 43 heavy (non-hydrogen) atoms. The first-order valence-corrected chi connectivity index (χ1v) is 13.8. The normalized spacial score (nSPS) is 20.6. The minimum atomic E-state index is -3.10. The fourth-order valence-corrected chi connectivity index (χ4v) is 5.06. The first kappa shape index (κ1) is 32.2. The van der Waals surface area contributed by atoms with Crippen LogP contribution in [0.15, 0.2) is 35.3 Å². The Labute approximate surface area is 244 Å². The third-order valence-electron chi connectivity index (χ3n) is 7.59. The number of hydrogen-bond acceptors (Lipinski definition) is 5. The van der Waals surface area contributed by atoms with Crippen molar-refractivity contribution in [1.82, 2.24) is 14.8 Å². The molecule has 1 aliphatic heterocycles. The summed E-state index contributed by atoms with van der Waals surface area (Å²) in [5.41, 5.74) is -4.98. The average molecular weight is 617 g/mol. The van der Waals surface area contributed by atoms with Crippen LogP contribution in [0.1, 0.15) is 80.9 Å². The summed E-state index contributed by atoms with van der Waals surface area (Å²) in [7, 11) is 0. The summed E-state index contributed by atoms with van der Waals surface area (Å²) in [5, 5.41) is 5.29. The summed E-state index contributed by atoms with van der Waals surface area (Å²) in [6.07, 6.45) is -7.34. The van der Waals surface area contributed by atoms with Crippen LogP contribution in [-0.4, -0.2) is 58.8 Å². The van der Waals surface area contributed by atoms with E-state index in [0.717, 1.165) is 22.9 Å². The Hall–Kier alpha value is -3.71. The van der Waals surface area contributed by atoms with E-state index in [4.69, 9.17) is 4.74 Å². The van der Waals surface area contributed by atoms with E-state index in [9.17, 15) is 36.3 Å². The lowest BCUT2D eigenvalue weighted by Crippen LogP contribution is -2.51. The molecule has 0 unspecified atom stereocenters. The Kier molecular flexibility index (Phi) is 9.08. The number of hydrogen-bond donors (Lipinski definition) is 2. The van der Waals surface area contributed by atoms with Crippen LogP contribution in [0.25, 0.3) is 0 Å². The van der Waals surface area contributed by atoms with Gasteiger partial charge in [0.15, 0.2) is 0 Å². The van der Waals surface area contributed by atoms with E-state index < -0.39 is 71.2 Å². The van der Waals surface area contributed by atoms with Crippen molar-refractivity contribution in [3.05, 3.63) is 63.3 Å². The quantitative estimate of drug-likeness (QED) is 0.359. The van der Waals surface area contributed by atoms with E-state index in [-0.39, 0.29) is 49.2 Å². The molecule has 0 radical (unpaired) electrons. The molecule has 2 heterocycles. The van der Waals surface area contributed by atoms with Crippen LogP contribution in [0, 0.1) is 5.82 Å². The summed E-state index contributed by atoms with van der Waals surface area (Å²) in [6.45, 7) is 6.12. The maximum absolute atomic E-state index is 15.3. The van der Waals surface area contributed by atoms with Crippen LogP contribution in [0.3, 0.4) is 0 Å². The van der Waals surface area contributed by atoms with Crippen molar-refractivity contribution in [2.24, 2.45) is 0 Å². The van der Waals surface area contributed by atoms with Crippen molar-refractivity contribution in [2.45, 2.75) is 89.2 Å². The number of carbonyl (C=O) groups excluding carboxylic acids is 2. The van der Waals surface area contributed by atoms with Gasteiger partial charge in [0.1, 0.15) is 23.1 Å². The number of carbonyl (C=O) groups is 2. The Morgan fingerprint density at radius 3 is 2.33 bits per heavy atom. The molecule has 2 aliphatic rings. The van der Waals surface area contributed by atoms with Crippen LogP contribution in [0.4, 0.5) is 36.8 Å². The second-order valence-electron chi connectivity index (χ2n) is 11.9. The lowest BCUT2D eigenvalue weighted by atomic mass is 10.0. The minimum absolute atomic E-state index is 0.00385. The average Bonchev–Trinajstić information content (AvgIpc) is 3.71. The number of alkyl halides is 5. The van der Waals surface area contributed by atoms with Crippen molar-refractivity contribution in [2.75, 3.05) is 18.4 Å². The van der Waals surface area contributed by atoms with Crippen LogP contribution >= 0.6 is 0 Å². The largest absolute Gasteiger partial charge is 0.444 e. The monoisotopic (exact) mass is 616 g/mol. The highest BCUT2D eigenvalue weighted by Crippen LogP contribution is 2.48. The van der Waals surface area contributed by atoms with Crippen LogP contribution < -0.4 is 16.2 Å². The van der Waals surface area contributed by atoms with Crippen LogP contribution in [0.5, 0.6) is 0 Å². The number of nitrogens with zero attached hydrogens (tertiary/aromatic N) is 2. The Morgan fingerprint density at radius 2 is 1.77 bits per heavy atom. The number of piperidine rings is 1. The van der Waals surface area contributed by atoms with E-state index in [2.05, 4.69) is 10.6 Å². The van der Waals surface area contributed by atoms with Gasteiger partial charge in [-0.25, -0.2) is 31.1 Å². The van der Waals surface area contributed by atoms with E-state index in [1.165, 1.54) is 24.0 Å².